The Morgan fingerprint density at radius 3 is 2.60 bits per heavy atom. The first-order valence-electron chi connectivity index (χ1n) is 6.93. The maximum Gasteiger partial charge on any atom is 0.401 e. The van der Waals surface area contributed by atoms with Gasteiger partial charge in [0, 0.05) is 31.0 Å². The minimum Gasteiger partial charge on any atom is -0.336 e. The molecule has 114 valence electrons. The fraction of sp³-hybridized carbons (Fsp3) is 0.769. The molecule has 1 unspecified atom stereocenters. The summed E-state index contributed by atoms with van der Waals surface area (Å²) in [5.74, 6) is 0. The summed E-state index contributed by atoms with van der Waals surface area (Å²) in [5.41, 5.74) is 0. The van der Waals surface area contributed by atoms with Crippen molar-refractivity contribution in [2.75, 3.05) is 19.6 Å². The zero-order chi connectivity index (χ0) is 14.6. The van der Waals surface area contributed by atoms with Crippen LogP contribution in [0.2, 0.25) is 0 Å². The molecule has 1 aliphatic heterocycles. The standard InChI is InChI=1S/C13H21F3N4/c1-11(8-20-7-4-17-10-20)18-12-2-5-19(6-3-12)9-13(14,15)16/h4,7,10-12,18H,2-3,5-6,8-9H2,1H3. The second-order valence-electron chi connectivity index (χ2n) is 5.49. The molecular weight excluding hydrogens is 269 g/mol. The van der Waals surface area contributed by atoms with Crippen LogP contribution in [0.5, 0.6) is 0 Å². The van der Waals surface area contributed by atoms with Gasteiger partial charge in [0.15, 0.2) is 0 Å². The molecular formula is C13H21F3N4. The number of likely N-dealkylation sites (tertiary alicyclic amines) is 1. The van der Waals surface area contributed by atoms with Gasteiger partial charge in [-0.15, -0.1) is 0 Å². The Bertz CT molecular complexity index is 383. The molecule has 20 heavy (non-hydrogen) atoms. The molecule has 0 bridgehead atoms. The van der Waals surface area contributed by atoms with Crippen molar-refractivity contribution in [3.63, 3.8) is 0 Å². The third-order valence-electron chi connectivity index (χ3n) is 3.55. The number of imidazole rings is 1. The van der Waals surface area contributed by atoms with Gasteiger partial charge in [-0.3, -0.25) is 4.90 Å². The van der Waals surface area contributed by atoms with Gasteiger partial charge in [0.2, 0.25) is 0 Å². The lowest BCUT2D eigenvalue weighted by Gasteiger charge is -2.34. The summed E-state index contributed by atoms with van der Waals surface area (Å²) < 4.78 is 38.9. The van der Waals surface area contributed by atoms with Gasteiger partial charge in [-0.05, 0) is 32.9 Å². The van der Waals surface area contributed by atoms with Crippen molar-refractivity contribution >= 4 is 0 Å². The molecule has 0 amide bonds. The summed E-state index contributed by atoms with van der Waals surface area (Å²) in [5, 5.41) is 3.48. The van der Waals surface area contributed by atoms with Gasteiger partial charge in [-0.2, -0.15) is 13.2 Å². The summed E-state index contributed by atoms with van der Waals surface area (Å²) in [7, 11) is 0. The normalized spacial score (nSPS) is 20.2. The van der Waals surface area contributed by atoms with E-state index in [1.807, 2.05) is 10.8 Å². The van der Waals surface area contributed by atoms with Gasteiger partial charge in [-0.25, -0.2) is 4.98 Å². The van der Waals surface area contributed by atoms with Crippen LogP contribution in [0.1, 0.15) is 19.8 Å². The minimum atomic E-state index is -4.09. The second kappa shape index (κ2) is 6.58. The summed E-state index contributed by atoms with van der Waals surface area (Å²) >= 11 is 0. The van der Waals surface area contributed by atoms with Crippen LogP contribution in [0.15, 0.2) is 18.7 Å². The third-order valence-corrected chi connectivity index (χ3v) is 3.55. The number of alkyl halides is 3. The Kier molecular flexibility index (Phi) is 5.04. The van der Waals surface area contributed by atoms with Crippen LogP contribution in [-0.4, -0.2) is 52.3 Å². The highest BCUT2D eigenvalue weighted by Crippen LogP contribution is 2.20. The zero-order valence-corrected chi connectivity index (χ0v) is 11.6. The summed E-state index contributed by atoms with van der Waals surface area (Å²) in [6.45, 7) is 3.14. The van der Waals surface area contributed by atoms with Crippen molar-refractivity contribution in [1.29, 1.82) is 0 Å². The average molecular weight is 290 g/mol. The smallest absolute Gasteiger partial charge is 0.336 e. The van der Waals surface area contributed by atoms with Gasteiger partial charge >= 0.3 is 6.18 Å². The van der Waals surface area contributed by atoms with Crippen molar-refractivity contribution in [2.24, 2.45) is 0 Å². The minimum absolute atomic E-state index is 0.281. The molecule has 2 rings (SSSR count). The molecule has 0 spiro atoms. The highest BCUT2D eigenvalue weighted by Gasteiger charge is 2.32. The summed E-state index contributed by atoms with van der Waals surface area (Å²) in [4.78, 5) is 5.47. The Hall–Kier alpha value is -1.08. The van der Waals surface area contributed by atoms with Crippen molar-refractivity contribution in [3.8, 4) is 0 Å². The Balaban J connectivity index is 1.69. The van der Waals surface area contributed by atoms with E-state index in [9.17, 15) is 13.2 Å². The van der Waals surface area contributed by atoms with Crippen molar-refractivity contribution in [3.05, 3.63) is 18.7 Å². The van der Waals surface area contributed by atoms with E-state index in [-0.39, 0.29) is 6.04 Å². The number of nitrogens with zero attached hydrogens (tertiary/aromatic N) is 3. The molecule has 0 aliphatic carbocycles. The zero-order valence-electron chi connectivity index (χ0n) is 11.6. The first kappa shape index (κ1) is 15.3. The van der Waals surface area contributed by atoms with E-state index in [4.69, 9.17) is 0 Å². The van der Waals surface area contributed by atoms with E-state index in [2.05, 4.69) is 17.2 Å². The molecule has 1 aromatic heterocycles. The quantitative estimate of drug-likeness (QED) is 0.899. The van der Waals surface area contributed by atoms with Gasteiger partial charge in [0.1, 0.15) is 0 Å². The average Bonchev–Trinajstić information content (AvgIpc) is 2.82. The van der Waals surface area contributed by atoms with E-state index in [1.54, 1.807) is 12.5 Å². The Labute approximate surface area is 117 Å². The number of nitrogens with one attached hydrogen (secondary N) is 1. The van der Waals surface area contributed by atoms with Gasteiger partial charge < -0.3 is 9.88 Å². The maximum absolute atomic E-state index is 12.3. The highest BCUT2D eigenvalue weighted by molar-refractivity contribution is 4.82. The number of aromatic nitrogens is 2. The van der Waals surface area contributed by atoms with Crippen LogP contribution >= 0.6 is 0 Å². The van der Waals surface area contributed by atoms with E-state index in [0.717, 1.165) is 19.4 Å². The lowest BCUT2D eigenvalue weighted by Crippen LogP contribution is -2.48. The molecule has 7 heteroatoms. The van der Waals surface area contributed by atoms with Gasteiger partial charge in [-0.1, -0.05) is 0 Å². The predicted molar refractivity (Wildman–Crippen MR) is 70.3 cm³/mol. The highest BCUT2D eigenvalue weighted by atomic mass is 19.4. The fourth-order valence-corrected chi connectivity index (χ4v) is 2.68. The molecule has 1 fully saturated rings. The van der Waals surface area contributed by atoms with Crippen molar-refractivity contribution in [1.82, 2.24) is 19.8 Å². The molecule has 4 nitrogen and oxygen atoms in total. The Morgan fingerprint density at radius 2 is 2.05 bits per heavy atom. The number of piperidine rings is 1. The summed E-state index contributed by atoms with van der Waals surface area (Å²) in [6, 6.07) is 0.585. The van der Waals surface area contributed by atoms with E-state index in [1.165, 1.54) is 4.90 Å². The molecule has 1 saturated heterocycles. The second-order valence-corrected chi connectivity index (χ2v) is 5.49. The molecule has 1 atom stereocenters. The fourth-order valence-electron chi connectivity index (χ4n) is 2.68. The first-order valence-corrected chi connectivity index (χ1v) is 6.93. The van der Waals surface area contributed by atoms with Crippen LogP contribution in [0.4, 0.5) is 13.2 Å². The number of hydrogen-bond donors (Lipinski definition) is 1. The molecule has 0 saturated carbocycles. The Morgan fingerprint density at radius 1 is 1.35 bits per heavy atom. The van der Waals surface area contributed by atoms with Gasteiger partial charge in [0.25, 0.3) is 0 Å². The van der Waals surface area contributed by atoms with Crippen molar-refractivity contribution < 1.29 is 13.2 Å². The molecule has 0 radical (unpaired) electrons. The number of halogens is 3. The molecule has 1 N–H and O–H groups in total. The van der Waals surface area contributed by atoms with E-state index >= 15 is 0 Å². The first-order chi connectivity index (χ1) is 9.42. The largest absolute Gasteiger partial charge is 0.401 e. The lowest BCUT2D eigenvalue weighted by atomic mass is 10.0. The number of rotatable bonds is 5. The predicted octanol–water partition coefficient (Wildman–Crippen LogP) is 1.89. The molecule has 2 heterocycles. The molecule has 1 aliphatic rings. The van der Waals surface area contributed by atoms with Crippen molar-refractivity contribution in [2.45, 2.75) is 44.6 Å². The monoisotopic (exact) mass is 290 g/mol. The van der Waals surface area contributed by atoms with E-state index < -0.39 is 12.7 Å². The van der Waals surface area contributed by atoms with E-state index in [0.29, 0.717) is 19.1 Å². The van der Waals surface area contributed by atoms with Crippen LogP contribution < -0.4 is 5.32 Å². The third kappa shape index (κ3) is 5.13. The van der Waals surface area contributed by atoms with Gasteiger partial charge in [0.05, 0.1) is 12.9 Å². The topological polar surface area (TPSA) is 33.1 Å². The number of hydrogen-bond acceptors (Lipinski definition) is 3. The van der Waals surface area contributed by atoms with Crippen LogP contribution in [0, 0.1) is 0 Å². The summed E-state index contributed by atoms with van der Waals surface area (Å²) in [6.07, 6.45) is 2.86. The molecule has 1 aromatic rings. The van der Waals surface area contributed by atoms with Crippen LogP contribution in [0.3, 0.4) is 0 Å². The molecule has 0 aromatic carbocycles. The SMILES string of the molecule is CC(Cn1ccnc1)NC1CCN(CC(F)(F)F)CC1. The van der Waals surface area contributed by atoms with Crippen LogP contribution in [-0.2, 0) is 6.54 Å². The van der Waals surface area contributed by atoms with Crippen LogP contribution in [0.25, 0.3) is 0 Å². The lowest BCUT2D eigenvalue weighted by molar-refractivity contribution is -0.148. The maximum atomic E-state index is 12.3.